The number of esters is 1. The van der Waals surface area contributed by atoms with Crippen molar-refractivity contribution in [3.05, 3.63) is 29.8 Å². The molecule has 1 amide bonds. The van der Waals surface area contributed by atoms with Gasteiger partial charge in [0.05, 0.1) is 13.0 Å². The molecule has 0 aliphatic heterocycles. The number of carbonyl (C=O) groups is 2. The molecule has 0 saturated heterocycles. The number of anilines is 1. The number of aryl methyl sites for hydroxylation is 1. The van der Waals surface area contributed by atoms with Crippen LogP contribution >= 0.6 is 0 Å². The molecule has 0 atom stereocenters. The summed E-state index contributed by atoms with van der Waals surface area (Å²) in [7, 11) is 1.72. The second-order valence-electron chi connectivity index (χ2n) is 4.04. The van der Waals surface area contributed by atoms with E-state index in [-0.39, 0.29) is 24.7 Å². The second-order valence-corrected chi connectivity index (χ2v) is 4.04. The number of carbonyl (C=O) groups excluding carboxylic acids is 2. The first-order chi connectivity index (χ1) is 8.56. The van der Waals surface area contributed by atoms with E-state index in [4.69, 9.17) is 4.74 Å². The summed E-state index contributed by atoms with van der Waals surface area (Å²) in [6.45, 7) is 4.05. The van der Waals surface area contributed by atoms with E-state index in [1.54, 1.807) is 18.9 Å². The van der Waals surface area contributed by atoms with Gasteiger partial charge in [0.25, 0.3) is 0 Å². The highest BCUT2D eigenvalue weighted by Gasteiger charge is 2.14. The van der Waals surface area contributed by atoms with Gasteiger partial charge < -0.3 is 9.64 Å². The van der Waals surface area contributed by atoms with Gasteiger partial charge in [0, 0.05) is 19.2 Å². The minimum Gasteiger partial charge on any atom is -0.466 e. The third kappa shape index (κ3) is 3.87. The highest BCUT2D eigenvalue weighted by Crippen LogP contribution is 2.18. The highest BCUT2D eigenvalue weighted by atomic mass is 16.5. The summed E-state index contributed by atoms with van der Waals surface area (Å²) in [6, 6.07) is 7.65. The predicted molar refractivity (Wildman–Crippen MR) is 70.5 cm³/mol. The molecule has 1 aromatic carbocycles. The first-order valence-electron chi connectivity index (χ1n) is 6.04. The van der Waals surface area contributed by atoms with Crippen molar-refractivity contribution in [2.45, 2.75) is 26.7 Å². The lowest BCUT2D eigenvalue weighted by Crippen LogP contribution is -2.27. The molecule has 4 nitrogen and oxygen atoms in total. The Morgan fingerprint density at radius 1 is 1.22 bits per heavy atom. The van der Waals surface area contributed by atoms with Crippen LogP contribution in [0.15, 0.2) is 24.3 Å². The molecule has 98 valence electrons. The van der Waals surface area contributed by atoms with Gasteiger partial charge in [0.15, 0.2) is 0 Å². The molecule has 0 aliphatic carbocycles. The molecule has 0 spiro atoms. The van der Waals surface area contributed by atoms with E-state index in [1.165, 1.54) is 0 Å². The van der Waals surface area contributed by atoms with Crippen molar-refractivity contribution in [2.24, 2.45) is 0 Å². The molecule has 0 fully saturated rings. The van der Waals surface area contributed by atoms with Crippen LogP contribution in [0.5, 0.6) is 0 Å². The number of nitrogens with zero attached hydrogens (tertiary/aromatic N) is 1. The fourth-order valence-electron chi connectivity index (χ4n) is 1.68. The van der Waals surface area contributed by atoms with E-state index in [0.717, 1.165) is 11.3 Å². The van der Waals surface area contributed by atoms with Crippen molar-refractivity contribution in [3.8, 4) is 0 Å². The van der Waals surface area contributed by atoms with Gasteiger partial charge in [-0.2, -0.15) is 0 Å². The van der Waals surface area contributed by atoms with Crippen LogP contribution in [0, 0.1) is 6.92 Å². The van der Waals surface area contributed by atoms with E-state index in [9.17, 15) is 9.59 Å². The Hall–Kier alpha value is -1.84. The molecule has 1 aromatic rings. The SMILES string of the molecule is CCOC(=O)CCC(=O)N(C)c1ccccc1C. The lowest BCUT2D eigenvalue weighted by molar-refractivity contribution is -0.144. The Morgan fingerprint density at radius 3 is 2.50 bits per heavy atom. The zero-order valence-electron chi connectivity index (χ0n) is 11.1. The number of hydrogen-bond acceptors (Lipinski definition) is 3. The third-order valence-corrected chi connectivity index (χ3v) is 2.70. The van der Waals surface area contributed by atoms with E-state index >= 15 is 0 Å². The first-order valence-corrected chi connectivity index (χ1v) is 6.04. The Kier molecular flexibility index (Phi) is 5.36. The Bertz CT molecular complexity index is 429. The molecule has 0 bridgehead atoms. The summed E-state index contributed by atoms with van der Waals surface area (Å²) in [6.07, 6.45) is 0.298. The van der Waals surface area contributed by atoms with Gasteiger partial charge in [-0.3, -0.25) is 9.59 Å². The lowest BCUT2D eigenvalue weighted by Gasteiger charge is -2.19. The summed E-state index contributed by atoms with van der Waals surface area (Å²) < 4.78 is 4.79. The van der Waals surface area contributed by atoms with E-state index in [1.807, 2.05) is 31.2 Å². The topological polar surface area (TPSA) is 46.6 Å². The summed E-state index contributed by atoms with van der Waals surface area (Å²) >= 11 is 0. The minimum atomic E-state index is -0.330. The summed E-state index contributed by atoms with van der Waals surface area (Å²) in [5.74, 6) is -0.415. The fraction of sp³-hybridized carbons (Fsp3) is 0.429. The largest absolute Gasteiger partial charge is 0.466 e. The number of rotatable bonds is 5. The summed E-state index contributed by atoms with van der Waals surface area (Å²) in [5.41, 5.74) is 1.90. The fourth-order valence-corrected chi connectivity index (χ4v) is 1.68. The zero-order valence-corrected chi connectivity index (χ0v) is 11.1. The maximum Gasteiger partial charge on any atom is 0.306 e. The Labute approximate surface area is 108 Å². The van der Waals surface area contributed by atoms with E-state index < -0.39 is 0 Å². The molecule has 18 heavy (non-hydrogen) atoms. The van der Waals surface area contributed by atoms with Crippen LogP contribution in [-0.2, 0) is 14.3 Å². The first kappa shape index (κ1) is 14.2. The van der Waals surface area contributed by atoms with E-state index in [2.05, 4.69) is 0 Å². The normalized spacial score (nSPS) is 9.94. The van der Waals surface area contributed by atoms with Crippen molar-refractivity contribution in [3.63, 3.8) is 0 Å². The average molecular weight is 249 g/mol. The highest BCUT2D eigenvalue weighted by molar-refractivity contribution is 5.95. The van der Waals surface area contributed by atoms with Crippen molar-refractivity contribution < 1.29 is 14.3 Å². The molecule has 0 saturated carbocycles. The number of amides is 1. The van der Waals surface area contributed by atoms with Gasteiger partial charge in [-0.05, 0) is 25.5 Å². The smallest absolute Gasteiger partial charge is 0.306 e. The van der Waals surface area contributed by atoms with Crippen molar-refractivity contribution in [1.82, 2.24) is 0 Å². The molecule has 0 unspecified atom stereocenters. The summed E-state index contributed by atoms with van der Waals surface area (Å²) in [5, 5.41) is 0. The molecule has 0 heterocycles. The third-order valence-electron chi connectivity index (χ3n) is 2.70. The molecule has 0 aliphatic rings. The summed E-state index contributed by atoms with van der Waals surface area (Å²) in [4.78, 5) is 24.7. The number of para-hydroxylation sites is 1. The Morgan fingerprint density at radius 2 is 1.89 bits per heavy atom. The van der Waals surface area contributed by atoms with E-state index in [0.29, 0.717) is 6.61 Å². The van der Waals surface area contributed by atoms with Crippen LogP contribution in [0.3, 0.4) is 0 Å². The molecule has 4 heteroatoms. The average Bonchev–Trinajstić information content (AvgIpc) is 2.36. The predicted octanol–water partition coefficient (Wildman–Crippen LogP) is 2.30. The van der Waals surface area contributed by atoms with Gasteiger partial charge in [-0.1, -0.05) is 18.2 Å². The van der Waals surface area contributed by atoms with Crippen molar-refractivity contribution in [2.75, 3.05) is 18.6 Å². The minimum absolute atomic E-state index is 0.0858. The second kappa shape index (κ2) is 6.79. The maximum atomic E-state index is 11.9. The Balaban J connectivity index is 2.57. The quantitative estimate of drug-likeness (QED) is 0.752. The number of ether oxygens (including phenoxy) is 1. The van der Waals surface area contributed by atoms with Gasteiger partial charge in [-0.15, -0.1) is 0 Å². The van der Waals surface area contributed by atoms with Crippen molar-refractivity contribution >= 4 is 17.6 Å². The van der Waals surface area contributed by atoms with Crippen molar-refractivity contribution in [1.29, 1.82) is 0 Å². The number of benzene rings is 1. The van der Waals surface area contributed by atoms with Crippen LogP contribution < -0.4 is 4.90 Å². The van der Waals surface area contributed by atoms with Gasteiger partial charge >= 0.3 is 5.97 Å². The van der Waals surface area contributed by atoms with Crippen LogP contribution in [-0.4, -0.2) is 25.5 Å². The monoisotopic (exact) mass is 249 g/mol. The zero-order chi connectivity index (χ0) is 13.5. The van der Waals surface area contributed by atoms with Crippen LogP contribution in [0.1, 0.15) is 25.3 Å². The molecular formula is C14H19NO3. The van der Waals surface area contributed by atoms with Crippen LogP contribution in [0.25, 0.3) is 0 Å². The molecule has 1 rings (SSSR count). The van der Waals surface area contributed by atoms with Crippen LogP contribution in [0.4, 0.5) is 5.69 Å². The maximum absolute atomic E-state index is 11.9. The van der Waals surface area contributed by atoms with Crippen LogP contribution in [0.2, 0.25) is 0 Å². The lowest BCUT2D eigenvalue weighted by atomic mass is 10.1. The molecule has 0 radical (unpaired) electrons. The molecular weight excluding hydrogens is 230 g/mol. The number of hydrogen-bond donors (Lipinski definition) is 0. The van der Waals surface area contributed by atoms with Gasteiger partial charge in [-0.25, -0.2) is 0 Å². The molecule has 0 N–H and O–H groups in total. The molecule has 0 aromatic heterocycles. The van der Waals surface area contributed by atoms with Gasteiger partial charge in [0.1, 0.15) is 0 Å². The van der Waals surface area contributed by atoms with Gasteiger partial charge in [0.2, 0.25) is 5.91 Å². The standard InChI is InChI=1S/C14H19NO3/c1-4-18-14(17)10-9-13(16)15(3)12-8-6-5-7-11(12)2/h5-8H,4,9-10H2,1-3H3.